The molecular weight excluding hydrogens is 328 g/mol. The van der Waals surface area contributed by atoms with E-state index in [0.29, 0.717) is 23.1 Å². The lowest BCUT2D eigenvalue weighted by molar-refractivity contribution is -0.126. The quantitative estimate of drug-likeness (QED) is 0.771. The number of halogens is 1. The lowest BCUT2D eigenvalue weighted by Gasteiger charge is -2.13. The van der Waals surface area contributed by atoms with Crippen LogP contribution in [0.25, 0.3) is 0 Å². The molecule has 1 aromatic carbocycles. The van der Waals surface area contributed by atoms with Crippen LogP contribution in [0.4, 0.5) is 5.69 Å². The number of anilines is 1. The molecule has 1 fully saturated rings. The topological polar surface area (TPSA) is 102 Å². The summed E-state index contributed by atoms with van der Waals surface area (Å²) in [6.45, 7) is 0.394. The summed E-state index contributed by atoms with van der Waals surface area (Å²) >= 11 is 3.15. The summed E-state index contributed by atoms with van der Waals surface area (Å²) in [5, 5.41) is 11.7. The van der Waals surface area contributed by atoms with Crippen molar-refractivity contribution in [1.82, 2.24) is 0 Å². The molecule has 0 saturated carbocycles. The van der Waals surface area contributed by atoms with Crippen LogP contribution in [0, 0.1) is 0 Å². The SMILES string of the molecule is NCC1CCC(C(=O)Nc2ccc(Br)c(C(=O)O)c2)O1. The molecule has 2 rings (SSSR count). The predicted molar refractivity (Wildman–Crippen MR) is 76.7 cm³/mol. The highest BCUT2D eigenvalue weighted by molar-refractivity contribution is 9.10. The second-order valence-electron chi connectivity index (χ2n) is 4.55. The van der Waals surface area contributed by atoms with Gasteiger partial charge in [-0.05, 0) is 47.0 Å². The normalized spacial score (nSPS) is 21.7. The van der Waals surface area contributed by atoms with Gasteiger partial charge in [-0.15, -0.1) is 0 Å². The molecule has 6 nitrogen and oxygen atoms in total. The number of carbonyl (C=O) groups is 2. The maximum absolute atomic E-state index is 12.0. The first-order valence-electron chi connectivity index (χ1n) is 6.20. The van der Waals surface area contributed by atoms with Crippen LogP contribution >= 0.6 is 15.9 Å². The summed E-state index contributed by atoms with van der Waals surface area (Å²) < 4.78 is 5.94. The van der Waals surface area contributed by atoms with E-state index in [1.54, 1.807) is 12.1 Å². The van der Waals surface area contributed by atoms with E-state index in [-0.39, 0.29) is 17.6 Å². The highest BCUT2D eigenvalue weighted by Gasteiger charge is 2.29. The summed E-state index contributed by atoms with van der Waals surface area (Å²) in [5.74, 6) is -1.34. The molecule has 1 aliphatic rings. The minimum absolute atomic E-state index is 0.0785. The highest BCUT2D eigenvalue weighted by atomic mass is 79.9. The van der Waals surface area contributed by atoms with Crippen molar-refractivity contribution in [2.24, 2.45) is 5.73 Å². The van der Waals surface area contributed by atoms with E-state index in [1.165, 1.54) is 6.07 Å². The van der Waals surface area contributed by atoms with Crippen LogP contribution in [-0.2, 0) is 9.53 Å². The van der Waals surface area contributed by atoms with E-state index >= 15 is 0 Å². The number of carboxylic acids is 1. The van der Waals surface area contributed by atoms with Gasteiger partial charge in [0.25, 0.3) is 5.91 Å². The first-order chi connectivity index (χ1) is 9.51. The Labute approximate surface area is 124 Å². The third-order valence-corrected chi connectivity index (χ3v) is 3.82. The Bertz CT molecular complexity index is 535. The Kier molecular flexibility index (Phi) is 4.74. The molecule has 20 heavy (non-hydrogen) atoms. The summed E-state index contributed by atoms with van der Waals surface area (Å²) in [4.78, 5) is 23.0. The summed E-state index contributed by atoms with van der Waals surface area (Å²) in [7, 11) is 0. The third kappa shape index (κ3) is 3.36. The molecule has 2 unspecified atom stereocenters. The molecule has 7 heteroatoms. The molecule has 1 aromatic rings. The Morgan fingerprint density at radius 1 is 1.45 bits per heavy atom. The lowest BCUT2D eigenvalue weighted by Crippen LogP contribution is -2.29. The smallest absolute Gasteiger partial charge is 0.336 e. The summed E-state index contributed by atoms with van der Waals surface area (Å²) in [6, 6.07) is 4.61. The Morgan fingerprint density at radius 3 is 2.80 bits per heavy atom. The van der Waals surface area contributed by atoms with Crippen molar-refractivity contribution < 1.29 is 19.4 Å². The molecule has 2 atom stereocenters. The van der Waals surface area contributed by atoms with Gasteiger partial charge in [0.05, 0.1) is 11.7 Å². The molecule has 0 bridgehead atoms. The van der Waals surface area contributed by atoms with Gasteiger partial charge < -0.3 is 20.9 Å². The van der Waals surface area contributed by atoms with Crippen molar-refractivity contribution in [3.63, 3.8) is 0 Å². The number of amides is 1. The van der Waals surface area contributed by atoms with Crippen LogP contribution in [0.1, 0.15) is 23.2 Å². The molecule has 1 heterocycles. The van der Waals surface area contributed by atoms with E-state index in [0.717, 1.165) is 6.42 Å². The first kappa shape index (κ1) is 15.0. The van der Waals surface area contributed by atoms with Crippen LogP contribution in [0.2, 0.25) is 0 Å². The Balaban J connectivity index is 2.05. The maximum Gasteiger partial charge on any atom is 0.336 e. The second kappa shape index (κ2) is 6.34. The van der Waals surface area contributed by atoms with Crippen molar-refractivity contribution in [3.8, 4) is 0 Å². The number of ether oxygens (including phenoxy) is 1. The number of hydrogen-bond acceptors (Lipinski definition) is 4. The van der Waals surface area contributed by atoms with E-state index in [2.05, 4.69) is 21.2 Å². The molecule has 1 saturated heterocycles. The number of carboxylic acid groups (broad SMARTS) is 1. The van der Waals surface area contributed by atoms with Crippen molar-refractivity contribution in [3.05, 3.63) is 28.2 Å². The summed E-state index contributed by atoms with van der Waals surface area (Å²) in [6.07, 6.45) is 0.774. The third-order valence-electron chi connectivity index (χ3n) is 3.13. The molecule has 0 radical (unpaired) electrons. The molecule has 1 amide bonds. The molecule has 0 aromatic heterocycles. The molecule has 108 valence electrons. The van der Waals surface area contributed by atoms with Crippen molar-refractivity contribution in [2.45, 2.75) is 25.0 Å². The van der Waals surface area contributed by atoms with Crippen LogP contribution in [-0.4, -0.2) is 35.7 Å². The fourth-order valence-electron chi connectivity index (χ4n) is 2.06. The van der Waals surface area contributed by atoms with Gasteiger partial charge >= 0.3 is 5.97 Å². The van der Waals surface area contributed by atoms with E-state index < -0.39 is 12.1 Å². The lowest BCUT2D eigenvalue weighted by atomic mass is 10.1. The van der Waals surface area contributed by atoms with Crippen molar-refractivity contribution in [2.75, 3.05) is 11.9 Å². The van der Waals surface area contributed by atoms with Crippen LogP contribution in [0.3, 0.4) is 0 Å². The van der Waals surface area contributed by atoms with E-state index in [4.69, 9.17) is 15.6 Å². The van der Waals surface area contributed by atoms with Crippen molar-refractivity contribution >= 4 is 33.5 Å². The number of hydrogen-bond donors (Lipinski definition) is 3. The molecule has 1 aliphatic heterocycles. The minimum Gasteiger partial charge on any atom is -0.478 e. The van der Waals surface area contributed by atoms with Gasteiger partial charge in [0, 0.05) is 16.7 Å². The molecule has 0 spiro atoms. The highest BCUT2D eigenvalue weighted by Crippen LogP contribution is 2.23. The average molecular weight is 343 g/mol. The minimum atomic E-state index is -1.06. The van der Waals surface area contributed by atoms with Gasteiger partial charge in [0.2, 0.25) is 0 Å². The monoisotopic (exact) mass is 342 g/mol. The van der Waals surface area contributed by atoms with Gasteiger partial charge in [0.15, 0.2) is 0 Å². The van der Waals surface area contributed by atoms with Crippen LogP contribution < -0.4 is 11.1 Å². The first-order valence-corrected chi connectivity index (χ1v) is 6.99. The van der Waals surface area contributed by atoms with Gasteiger partial charge in [-0.2, -0.15) is 0 Å². The maximum atomic E-state index is 12.0. The molecule has 0 aliphatic carbocycles. The number of carbonyl (C=O) groups excluding carboxylic acids is 1. The number of aromatic carboxylic acids is 1. The van der Waals surface area contributed by atoms with Gasteiger partial charge in [-0.3, -0.25) is 4.79 Å². The fraction of sp³-hybridized carbons (Fsp3) is 0.385. The predicted octanol–water partition coefficient (Wildman–Crippen LogP) is 1.59. The zero-order valence-electron chi connectivity index (χ0n) is 10.6. The molecular formula is C13H15BrN2O4. The zero-order chi connectivity index (χ0) is 14.7. The van der Waals surface area contributed by atoms with Crippen LogP contribution in [0.5, 0.6) is 0 Å². The largest absolute Gasteiger partial charge is 0.478 e. The van der Waals surface area contributed by atoms with Gasteiger partial charge in [0.1, 0.15) is 6.10 Å². The fourth-order valence-corrected chi connectivity index (χ4v) is 2.48. The number of nitrogens with two attached hydrogens (primary N) is 1. The van der Waals surface area contributed by atoms with E-state index in [1.807, 2.05) is 0 Å². The Morgan fingerprint density at radius 2 is 2.20 bits per heavy atom. The van der Waals surface area contributed by atoms with Crippen molar-refractivity contribution in [1.29, 1.82) is 0 Å². The van der Waals surface area contributed by atoms with E-state index in [9.17, 15) is 9.59 Å². The van der Waals surface area contributed by atoms with Gasteiger partial charge in [-0.25, -0.2) is 4.79 Å². The summed E-state index contributed by atoms with van der Waals surface area (Å²) in [5.41, 5.74) is 6.01. The molecule has 4 N–H and O–H groups in total. The number of nitrogens with one attached hydrogen (secondary N) is 1. The number of rotatable bonds is 4. The second-order valence-corrected chi connectivity index (χ2v) is 5.40. The van der Waals surface area contributed by atoms with Gasteiger partial charge in [-0.1, -0.05) is 0 Å². The Hall–Kier alpha value is -1.44. The average Bonchev–Trinajstić information content (AvgIpc) is 2.89. The standard InChI is InChI=1S/C13H15BrN2O4/c14-10-3-1-7(5-9(10)13(18)19)16-12(17)11-4-2-8(6-15)20-11/h1,3,5,8,11H,2,4,6,15H2,(H,16,17)(H,18,19). The number of benzene rings is 1. The van der Waals surface area contributed by atoms with Crippen LogP contribution in [0.15, 0.2) is 22.7 Å². The zero-order valence-corrected chi connectivity index (χ0v) is 12.2.